The Morgan fingerprint density at radius 1 is 0.567 bits per heavy atom. The van der Waals surface area contributed by atoms with Crippen molar-refractivity contribution in [1.29, 1.82) is 0 Å². The predicted molar refractivity (Wildman–Crippen MR) is 225 cm³/mol. The molecule has 10 atom stereocenters. The molecule has 15 nitrogen and oxygen atoms in total. The maximum Gasteiger partial charge on any atom is 0.340 e. The van der Waals surface area contributed by atoms with Gasteiger partial charge in [-0.25, -0.2) is 9.59 Å². The van der Waals surface area contributed by atoms with Crippen molar-refractivity contribution in [3.63, 3.8) is 0 Å². The molecule has 2 aromatic heterocycles. The lowest BCUT2D eigenvalue weighted by molar-refractivity contribution is -0.147. The second-order valence-corrected chi connectivity index (χ2v) is 16.6. The standard InChI is InChI=1S/C44H53N7O8.ClH/c1-45-13-7-15-47-39(52)35-23-17-27(33(19-23)58-43(56)29-21-49-31-11-5-3-9-25(29)31)37(35)41(54)51-42(55)38-28-18-24(36(38)40(53)48-16-8-14-46-2)20-34(28)59-44(57)30-22-50-32-12-6-4-10-26(30)32;/h3-6,9-12,21-24,27-28,33-38,45-46,49-50H,7-8,13-20H2,1-2H3,(H,47,52)(H,48,53)(H,51,54,55);1H. The summed E-state index contributed by atoms with van der Waals surface area (Å²) in [4.78, 5) is 90.0. The van der Waals surface area contributed by atoms with E-state index in [2.05, 4.69) is 36.6 Å². The number of imide groups is 1. The average molecular weight is 844 g/mol. The second-order valence-electron chi connectivity index (χ2n) is 16.6. The van der Waals surface area contributed by atoms with Gasteiger partial charge in [0.05, 0.1) is 34.8 Å². The fraction of sp³-hybridized carbons (Fsp3) is 0.500. The van der Waals surface area contributed by atoms with E-state index in [-0.39, 0.29) is 36.1 Å². The van der Waals surface area contributed by atoms with Crippen molar-refractivity contribution in [1.82, 2.24) is 36.6 Å². The number of carbonyl (C=O) groups is 6. The van der Waals surface area contributed by atoms with Crippen molar-refractivity contribution in [3.8, 4) is 0 Å². The van der Waals surface area contributed by atoms with E-state index in [0.29, 0.717) is 75.8 Å². The quantitative estimate of drug-likeness (QED) is 0.0496. The fourth-order valence-electron chi connectivity index (χ4n) is 10.7. The molecule has 7 N–H and O–H groups in total. The number of esters is 2. The van der Waals surface area contributed by atoms with E-state index in [0.717, 1.165) is 21.8 Å². The highest BCUT2D eigenvalue weighted by atomic mass is 35.5. The summed E-state index contributed by atoms with van der Waals surface area (Å²) in [6, 6.07) is 14.8. The molecule has 0 spiro atoms. The number of aromatic nitrogens is 2. The van der Waals surface area contributed by atoms with Crippen molar-refractivity contribution in [2.75, 3.05) is 40.3 Å². The number of hydrogen-bond acceptors (Lipinski definition) is 10. The number of para-hydroxylation sites is 2. The Labute approximate surface area is 354 Å². The summed E-state index contributed by atoms with van der Waals surface area (Å²) in [6.07, 6.45) is 5.09. The van der Waals surface area contributed by atoms with E-state index >= 15 is 0 Å². The molecule has 4 fully saturated rings. The SMILES string of the molecule is CNCCCNC(=O)C1C2CC(OC(=O)c3c[nH]c4ccccc34)C(C2)C1C(=O)NC(=O)C1C2CC(CC2OC(=O)c2c[nH]c3ccccc23)C1C(=O)NCCCNC.Cl. The van der Waals surface area contributed by atoms with Crippen LogP contribution in [0.3, 0.4) is 0 Å². The number of hydrogen-bond donors (Lipinski definition) is 7. The number of aromatic amines is 2. The van der Waals surface area contributed by atoms with Gasteiger partial charge in [-0.1, -0.05) is 36.4 Å². The van der Waals surface area contributed by atoms with Crippen LogP contribution in [-0.2, 0) is 28.7 Å². The minimum atomic E-state index is -0.953. The molecule has 2 aromatic carbocycles. The Hall–Kier alpha value is -5.25. The van der Waals surface area contributed by atoms with Gasteiger partial charge in [-0.15, -0.1) is 12.4 Å². The third-order valence-corrected chi connectivity index (χ3v) is 13.3. The largest absolute Gasteiger partial charge is 0.458 e. The molecule has 4 aromatic rings. The normalized spacial score (nSPS) is 27.4. The highest BCUT2D eigenvalue weighted by Gasteiger charge is 2.62. The number of amides is 4. The van der Waals surface area contributed by atoms with Crippen molar-refractivity contribution in [2.45, 2.75) is 50.7 Å². The van der Waals surface area contributed by atoms with Crippen LogP contribution in [0.5, 0.6) is 0 Å². The molecule has 4 aliphatic carbocycles. The summed E-state index contributed by atoms with van der Waals surface area (Å²) < 4.78 is 12.2. The fourth-order valence-corrected chi connectivity index (χ4v) is 10.7. The van der Waals surface area contributed by atoms with Crippen molar-refractivity contribution in [3.05, 3.63) is 72.1 Å². The van der Waals surface area contributed by atoms with E-state index in [1.54, 1.807) is 12.4 Å². The average Bonchev–Trinajstić information content (AvgIpc) is 4.10. The first-order valence-electron chi connectivity index (χ1n) is 20.9. The smallest absolute Gasteiger partial charge is 0.340 e. The molecule has 8 rings (SSSR count). The summed E-state index contributed by atoms with van der Waals surface area (Å²) >= 11 is 0. The molecular formula is C44H54ClN7O8. The maximum atomic E-state index is 14.5. The van der Waals surface area contributed by atoms with Crippen LogP contribution < -0.4 is 26.6 Å². The summed E-state index contributed by atoms with van der Waals surface area (Å²) in [7, 11) is 3.66. The number of benzene rings is 2. The van der Waals surface area contributed by atoms with E-state index in [1.165, 1.54) is 0 Å². The van der Waals surface area contributed by atoms with Gasteiger partial charge in [-0.2, -0.15) is 0 Å². The van der Waals surface area contributed by atoms with Gasteiger partial charge in [0.25, 0.3) is 0 Å². The first kappa shape index (κ1) is 42.9. The molecule has 320 valence electrons. The molecule has 4 aliphatic rings. The zero-order chi connectivity index (χ0) is 41.2. The third kappa shape index (κ3) is 8.26. The molecule has 0 aliphatic heterocycles. The van der Waals surface area contributed by atoms with E-state index < -0.39 is 71.5 Å². The Bertz CT molecular complexity index is 2090. The summed E-state index contributed by atoms with van der Waals surface area (Å²) in [6.45, 7) is 2.23. The Kier molecular flexibility index (Phi) is 13.3. The molecule has 16 heteroatoms. The molecule has 2 heterocycles. The van der Waals surface area contributed by atoms with Gasteiger partial charge >= 0.3 is 11.9 Å². The molecule has 4 amide bonds. The maximum absolute atomic E-state index is 14.5. The third-order valence-electron chi connectivity index (χ3n) is 13.3. The van der Waals surface area contributed by atoms with Crippen molar-refractivity contribution in [2.24, 2.45) is 47.3 Å². The van der Waals surface area contributed by atoms with Crippen LogP contribution in [0.4, 0.5) is 0 Å². The summed E-state index contributed by atoms with van der Waals surface area (Å²) in [5.41, 5.74) is 2.34. The van der Waals surface area contributed by atoms with Gasteiger partial charge in [0.2, 0.25) is 23.6 Å². The zero-order valence-electron chi connectivity index (χ0n) is 33.8. The zero-order valence-corrected chi connectivity index (χ0v) is 34.6. The first-order valence-corrected chi connectivity index (χ1v) is 20.9. The second kappa shape index (κ2) is 18.6. The lowest BCUT2D eigenvalue weighted by atomic mass is 9.75. The number of halogens is 1. The van der Waals surface area contributed by atoms with Crippen molar-refractivity contribution < 1.29 is 38.2 Å². The van der Waals surface area contributed by atoms with Crippen LogP contribution in [-0.4, -0.2) is 98.0 Å². The van der Waals surface area contributed by atoms with Crippen LogP contribution in [0.15, 0.2) is 60.9 Å². The van der Waals surface area contributed by atoms with Gasteiger partial charge in [0, 0.05) is 59.1 Å². The van der Waals surface area contributed by atoms with Crippen LogP contribution in [0.1, 0.15) is 59.2 Å². The van der Waals surface area contributed by atoms with Gasteiger partial charge < -0.3 is 40.7 Å². The number of ether oxygens (including phenoxy) is 2. The molecule has 60 heavy (non-hydrogen) atoms. The summed E-state index contributed by atoms with van der Waals surface area (Å²) in [5, 5.41) is 16.2. The molecule has 4 bridgehead atoms. The first-order chi connectivity index (χ1) is 28.7. The molecule has 0 radical (unpaired) electrons. The predicted octanol–water partition coefficient (Wildman–Crippen LogP) is 3.46. The molecular weight excluding hydrogens is 790 g/mol. The van der Waals surface area contributed by atoms with E-state index in [9.17, 15) is 28.8 Å². The summed E-state index contributed by atoms with van der Waals surface area (Å²) in [5.74, 6) is -7.74. The van der Waals surface area contributed by atoms with E-state index in [4.69, 9.17) is 9.47 Å². The molecule has 4 saturated carbocycles. The number of nitrogens with one attached hydrogen (secondary N) is 7. The number of rotatable bonds is 16. The van der Waals surface area contributed by atoms with Gasteiger partial charge in [-0.05, 0) is 89.7 Å². The van der Waals surface area contributed by atoms with Crippen LogP contribution in [0.2, 0.25) is 0 Å². The molecule has 10 unspecified atom stereocenters. The lowest BCUT2D eigenvalue weighted by Crippen LogP contribution is -2.53. The topological polar surface area (TPSA) is 213 Å². The monoisotopic (exact) mass is 843 g/mol. The van der Waals surface area contributed by atoms with E-state index in [1.807, 2.05) is 62.6 Å². The van der Waals surface area contributed by atoms with Gasteiger partial charge in [-0.3, -0.25) is 24.5 Å². The van der Waals surface area contributed by atoms with Crippen molar-refractivity contribution >= 4 is 69.8 Å². The Balaban J connectivity index is 0.00000544. The van der Waals surface area contributed by atoms with Gasteiger partial charge in [0.15, 0.2) is 0 Å². The van der Waals surface area contributed by atoms with Crippen LogP contribution in [0.25, 0.3) is 21.8 Å². The van der Waals surface area contributed by atoms with Crippen LogP contribution >= 0.6 is 12.4 Å². The highest BCUT2D eigenvalue weighted by Crippen LogP contribution is 2.56. The van der Waals surface area contributed by atoms with Gasteiger partial charge in [0.1, 0.15) is 12.2 Å². The number of carbonyl (C=O) groups excluding carboxylic acids is 6. The van der Waals surface area contributed by atoms with Crippen LogP contribution in [0, 0.1) is 47.3 Å². The molecule has 0 saturated heterocycles. The minimum Gasteiger partial charge on any atom is -0.458 e. The Morgan fingerprint density at radius 2 is 0.983 bits per heavy atom. The number of fused-ring (bicyclic) bond motifs is 6. The lowest BCUT2D eigenvalue weighted by Gasteiger charge is -2.36. The Morgan fingerprint density at radius 3 is 1.40 bits per heavy atom. The highest BCUT2D eigenvalue weighted by molar-refractivity contribution is 6.05. The minimum absolute atomic E-state index is 0. The number of H-pyrrole nitrogens is 2.